The normalized spacial score (nSPS) is 18.4. The fourth-order valence-electron chi connectivity index (χ4n) is 1.35. The lowest BCUT2D eigenvalue weighted by Crippen LogP contribution is -2.55. The van der Waals surface area contributed by atoms with E-state index in [1.165, 1.54) is 0 Å². The summed E-state index contributed by atoms with van der Waals surface area (Å²) in [5.74, 6) is 2.77. The number of hydrogen-bond acceptors (Lipinski definition) is 2. The van der Waals surface area contributed by atoms with Crippen molar-refractivity contribution in [2.75, 3.05) is 21.1 Å². The second kappa shape index (κ2) is 4.49. The molecule has 0 fully saturated rings. The van der Waals surface area contributed by atoms with Gasteiger partial charge in [0.25, 0.3) is 0 Å². The minimum Gasteiger partial charge on any atom is -0.305 e. The van der Waals surface area contributed by atoms with Crippen molar-refractivity contribution < 1.29 is 0 Å². The van der Waals surface area contributed by atoms with Crippen molar-refractivity contribution in [3.8, 4) is 12.3 Å². The topological polar surface area (TPSA) is 15.3 Å². The quantitative estimate of drug-likeness (QED) is 0.628. The molecule has 0 aromatic heterocycles. The van der Waals surface area contributed by atoms with Crippen LogP contribution in [0.2, 0.25) is 0 Å². The van der Waals surface area contributed by atoms with Crippen molar-refractivity contribution in [2.24, 2.45) is 0 Å². The van der Waals surface area contributed by atoms with E-state index in [0.717, 1.165) is 6.42 Å². The summed E-state index contributed by atoms with van der Waals surface area (Å²) < 4.78 is 0. The van der Waals surface area contributed by atoms with Crippen LogP contribution in [0.25, 0.3) is 0 Å². The lowest BCUT2D eigenvalue weighted by molar-refractivity contribution is 0.140. The largest absolute Gasteiger partial charge is 0.305 e. The van der Waals surface area contributed by atoms with E-state index in [9.17, 15) is 0 Å². The van der Waals surface area contributed by atoms with E-state index in [2.05, 4.69) is 44.1 Å². The van der Waals surface area contributed by atoms with E-state index in [0.29, 0.717) is 0 Å². The Morgan fingerprint density at radius 2 is 2.08 bits per heavy atom. The molecule has 0 saturated heterocycles. The second-order valence-electron chi connectivity index (χ2n) is 3.49. The summed E-state index contributed by atoms with van der Waals surface area (Å²) in [6.07, 6.45) is 6.48. The summed E-state index contributed by atoms with van der Waals surface area (Å²) >= 11 is 0. The van der Waals surface area contributed by atoms with E-state index in [1.54, 1.807) is 0 Å². The van der Waals surface area contributed by atoms with Gasteiger partial charge in [0.2, 0.25) is 0 Å². The number of terminal acetylenes is 1. The van der Waals surface area contributed by atoms with Crippen molar-refractivity contribution in [1.82, 2.24) is 10.2 Å². The summed E-state index contributed by atoms with van der Waals surface area (Å²) in [7, 11) is 6.03. The molecule has 0 bridgehead atoms. The summed E-state index contributed by atoms with van der Waals surface area (Å²) in [6, 6.07) is 0.109. The van der Waals surface area contributed by atoms with Gasteiger partial charge in [0.05, 0.1) is 6.04 Å². The SMILES string of the molecule is C#CC(NC)C(C)(CC)N(C)C. The number of likely N-dealkylation sites (N-methyl/N-ethyl adjacent to an activating group) is 2. The maximum atomic E-state index is 5.44. The number of hydrogen-bond donors (Lipinski definition) is 1. The molecule has 2 atom stereocenters. The summed E-state index contributed by atoms with van der Waals surface area (Å²) in [5.41, 5.74) is 0.0451. The van der Waals surface area contributed by atoms with E-state index in [4.69, 9.17) is 6.42 Å². The summed E-state index contributed by atoms with van der Waals surface area (Å²) in [6.45, 7) is 4.33. The van der Waals surface area contributed by atoms with Crippen LogP contribution in [-0.4, -0.2) is 37.6 Å². The van der Waals surface area contributed by atoms with Gasteiger partial charge in [-0.15, -0.1) is 6.42 Å². The molecule has 0 rings (SSSR count). The highest BCUT2D eigenvalue weighted by atomic mass is 15.2. The van der Waals surface area contributed by atoms with Crippen molar-refractivity contribution in [1.29, 1.82) is 0 Å². The molecule has 0 aliphatic rings. The first kappa shape index (κ1) is 11.5. The Balaban J connectivity index is 4.62. The molecule has 2 heteroatoms. The van der Waals surface area contributed by atoms with E-state index in [1.807, 2.05) is 7.05 Å². The molecule has 0 radical (unpaired) electrons. The smallest absolute Gasteiger partial charge is 0.0867 e. The summed E-state index contributed by atoms with van der Waals surface area (Å²) in [4.78, 5) is 2.17. The first-order chi connectivity index (χ1) is 5.52. The van der Waals surface area contributed by atoms with Crippen molar-refractivity contribution in [3.05, 3.63) is 0 Å². The van der Waals surface area contributed by atoms with Crippen LogP contribution in [0.15, 0.2) is 0 Å². The highest BCUT2D eigenvalue weighted by molar-refractivity contribution is 5.10. The minimum absolute atomic E-state index is 0.0451. The van der Waals surface area contributed by atoms with Gasteiger partial charge in [-0.3, -0.25) is 0 Å². The van der Waals surface area contributed by atoms with Gasteiger partial charge in [0, 0.05) is 5.54 Å². The molecule has 0 aliphatic carbocycles. The van der Waals surface area contributed by atoms with E-state index < -0.39 is 0 Å². The Hall–Kier alpha value is -0.520. The third-order valence-corrected chi connectivity index (χ3v) is 2.81. The van der Waals surface area contributed by atoms with Gasteiger partial charge in [0.1, 0.15) is 0 Å². The van der Waals surface area contributed by atoms with Gasteiger partial charge in [0.15, 0.2) is 0 Å². The highest BCUT2D eigenvalue weighted by Gasteiger charge is 2.32. The third kappa shape index (κ3) is 2.00. The van der Waals surface area contributed by atoms with Crippen LogP contribution in [0.3, 0.4) is 0 Å². The minimum atomic E-state index is 0.0451. The molecule has 0 aromatic rings. The van der Waals surface area contributed by atoms with Crippen LogP contribution < -0.4 is 5.32 Å². The molecule has 70 valence electrons. The van der Waals surface area contributed by atoms with Gasteiger partial charge in [-0.25, -0.2) is 0 Å². The molecule has 0 aromatic carbocycles. The van der Waals surface area contributed by atoms with Gasteiger partial charge >= 0.3 is 0 Å². The average Bonchev–Trinajstić information content (AvgIpc) is 2.05. The fraction of sp³-hybridized carbons (Fsp3) is 0.800. The average molecular weight is 168 g/mol. The molecule has 2 nitrogen and oxygen atoms in total. The van der Waals surface area contributed by atoms with Gasteiger partial charge < -0.3 is 10.2 Å². The number of nitrogens with zero attached hydrogens (tertiary/aromatic N) is 1. The number of rotatable bonds is 4. The second-order valence-corrected chi connectivity index (χ2v) is 3.49. The zero-order valence-corrected chi connectivity index (χ0v) is 8.81. The van der Waals surface area contributed by atoms with Gasteiger partial charge in [-0.2, -0.15) is 0 Å². The van der Waals surface area contributed by atoms with Gasteiger partial charge in [-0.1, -0.05) is 12.8 Å². The lowest BCUT2D eigenvalue weighted by atomic mass is 9.88. The molecular weight excluding hydrogens is 148 g/mol. The Bertz CT molecular complexity index is 169. The Labute approximate surface area is 76.3 Å². The molecule has 1 N–H and O–H groups in total. The third-order valence-electron chi connectivity index (χ3n) is 2.81. The maximum Gasteiger partial charge on any atom is 0.0867 e. The molecule has 0 aliphatic heterocycles. The molecule has 12 heavy (non-hydrogen) atoms. The summed E-state index contributed by atoms with van der Waals surface area (Å²) in [5, 5.41) is 3.15. The lowest BCUT2D eigenvalue weighted by Gasteiger charge is -2.40. The van der Waals surface area contributed by atoms with Crippen LogP contribution in [0.4, 0.5) is 0 Å². The van der Waals surface area contributed by atoms with Crippen molar-refractivity contribution in [2.45, 2.75) is 31.8 Å². The maximum absolute atomic E-state index is 5.44. The predicted octanol–water partition coefficient (Wildman–Crippen LogP) is 0.938. The van der Waals surface area contributed by atoms with Crippen LogP contribution in [0.1, 0.15) is 20.3 Å². The molecule has 0 amide bonds. The van der Waals surface area contributed by atoms with E-state index >= 15 is 0 Å². The number of nitrogens with one attached hydrogen (secondary N) is 1. The van der Waals surface area contributed by atoms with Gasteiger partial charge in [-0.05, 0) is 34.5 Å². The zero-order valence-electron chi connectivity index (χ0n) is 8.81. The van der Waals surface area contributed by atoms with E-state index in [-0.39, 0.29) is 11.6 Å². The van der Waals surface area contributed by atoms with Crippen molar-refractivity contribution in [3.63, 3.8) is 0 Å². The molecule has 0 spiro atoms. The Kier molecular flexibility index (Phi) is 4.30. The van der Waals surface area contributed by atoms with Crippen molar-refractivity contribution >= 4 is 0 Å². The fourth-order valence-corrected chi connectivity index (χ4v) is 1.35. The Morgan fingerprint density at radius 3 is 2.17 bits per heavy atom. The van der Waals surface area contributed by atoms with Crippen LogP contribution >= 0.6 is 0 Å². The van der Waals surface area contributed by atoms with Crippen LogP contribution in [-0.2, 0) is 0 Å². The first-order valence-corrected chi connectivity index (χ1v) is 4.33. The van der Waals surface area contributed by atoms with Crippen LogP contribution in [0, 0.1) is 12.3 Å². The predicted molar refractivity (Wildman–Crippen MR) is 54.1 cm³/mol. The highest BCUT2D eigenvalue weighted by Crippen LogP contribution is 2.20. The monoisotopic (exact) mass is 168 g/mol. The molecule has 0 heterocycles. The standard InChI is InChI=1S/C10H20N2/c1-7-9(11-4)10(3,8-2)12(5)6/h1,9,11H,8H2,2-6H3. The molecule has 0 saturated carbocycles. The Morgan fingerprint density at radius 1 is 1.58 bits per heavy atom. The zero-order chi connectivity index (χ0) is 9.78. The van der Waals surface area contributed by atoms with Crippen LogP contribution in [0.5, 0.6) is 0 Å². The first-order valence-electron chi connectivity index (χ1n) is 4.33. The molecule has 2 unspecified atom stereocenters. The molecular formula is C10H20N2.